The summed E-state index contributed by atoms with van der Waals surface area (Å²) in [7, 11) is 1.59. The van der Waals surface area contributed by atoms with Crippen molar-refractivity contribution in [3.8, 4) is 28.6 Å². The monoisotopic (exact) mass is 407 g/mol. The van der Waals surface area contributed by atoms with Crippen molar-refractivity contribution >= 4 is 23.5 Å². The summed E-state index contributed by atoms with van der Waals surface area (Å²) in [5.41, 5.74) is 1.33. The van der Waals surface area contributed by atoms with Gasteiger partial charge in [0.1, 0.15) is 11.8 Å². The topological polar surface area (TPSA) is 117 Å². The summed E-state index contributed by atoms with van der Waals surface area (Å²) in [6.07, 6.45) is -0.0846. The third kappa shape index (κ3) is 3.17. The first-order valence-electron chi connectivity index (χ1n) is 9.22. The van der Waals surface area contributed by atoms with Crippen LogP contribution in [0, 0.1) is 0 Å². The zero-order valence-corrected chi connectivity index (χ0v) is 15.9. The van der Waals surface area contributed by atoms with Crippen LogP contribution in [0.25, 0.3) is 11.4 Å². The number of anilines is 2. The first-order chi connectivity index (χ1) is 14.6. The minimum atomic E-state index is -0.784. The van der Waals surface area contributed by atoms with E-state index < -0.39 is 6.04 Å². The standard InChI is InChI=1S/C20H17N5O5/c1-28-13-5-2-11(3-6-13)18-22-20-23-19(27)14(25(20)24-18)9-17(26)21-12-4-7-15-16(8-12)30-10-29-15/h2-8,14H,9-10H2,1H3,(H,21,26)(H,22,23,24,27)/t14-/m0/s1. The molecule has 0 unspecified atom stereocenters. The van der Waals surface area contributed by atoms with Crippen LogP contribution in [0.2, 0.25) is 0 Å². The molecule has 10 nitrogen and oxygen atoms in total. The zero-order chi connectivity index (χ0) is 20.7. The Labute approximate surface area is 170 Å². The number of hydrogen-bond acceptors (Lipinski definition) is 7. The quantitative estimate of drug-likeness (QED) is 0.666. The number of benzene rings is 2. The number of aromatic nitrogens is 3. The molecule has 0 radical (unpaired) electrons. The maximum Gasteiger partial charge on any atom is 0.252 e. The van der Waals surface area contributed by atoms with Crippen molar-refractivity contribution in [3.05, 3.63) is 42.5 Å². The summed E-state index contributed by atoms with van der Waals surface area (Å²) in [6, 6.07) is 11.6. The lowest BCUT2D eigenvalue weighted by atomic mass is 10.2. The van der Waals surface area contributed by atoms with Crippen molar-refractivity contribution in [2.24, 2.45) is 0 Å². The summed E-state index contributed by atoms with van der Waals surface area (Å²) in [5.74, 6) is 2.02. The molecule has 152 valence electrons. The molecule has 0 saturated carbocycles. The third-order valence-electron chi connectivity index (χ3n) is 4.85. The lowest BCUT2D eigenvalue weighted by Gasteiger charge is -2.10. The highest BCUT2D eigenvalue weighted by Crippen LogP contribution is 2.34. The molecule has 0 spiro atoms. The first-order valence-corrected chi connectivity index (χ1v) is 9.22. The summed E-state index contributed by atoms with van der Waals surface area (Å²) in [5, 5.41) is 9.86. The van der Waals surface area contributed by atoms with E-state index in [2.05, 4.69) is 20.7 Å². The normalized spacial score (nSPS) is 16.2. The molecule has 2 N–H and O–H groups in total. The van der Waals surface area contributed by atoms with E-state index in [0.717, 1.165) is 11.3 Å². The van der Waals surface area contributed by atoms with Gasteiger partial charge in [0.05, 0.1) is 13.5 Å². The number of carbonyl (C=O) groups is 2. The Bertz CT molecular complexity index is 1140. The van der Waals surface area contributed by atoms with Gasteiger partial charge >= 0.3 is 0 Å². The van der Waals surface area contributed by atoms with Crippen LogP contribution in [-0.4, -0.2) is 40.5 Å². The molecule has 10 heteroatoms. The Balaban J connectivity index is 1.31. The minimum Gasteiger partial charge on any atom is -0.497 e. The summed E-state index contributed by atoms with van der Waals surface area (Å²) in [6.45, 7) is 0.153. The Hall–Kier alpha value is -4.08. The van der Waals surface area contributed by atoms with Crippen LogP contribution in [0.1, 0.15) is 12.5 Å². The Kier molecular flexibility index (Phi) is 4.24. The van der Waals surface area contributed by atoms with Crippen molar-refractivity contribution < 1.29 is 23.8 Å². The van der Waals surface area contributed by atoms with Crippen molar-refractivity contribution in [1.29, 1.82) is 0 Å². The minimum absolute atomic E-state index is 0.0846. The number of nitrogens with one attached hydrogen (secondary N) is 2. The molecule has 2 aliphatic rings. The van der Waals surface area contributed by atoms with Gasteiger partial charge in [-0.25, -0.2) is 4.68 Å². The van der Waals surface area contributed by atoms with E-state index in [1.54, 1.807) is 37.4 Å². The highest BCUT2D eigenvalue weighted by Gasteiger charge is 2.35. The molecule has 2 aliphatic heterocycles. The van der Waals surface area contributed by atoms with Crippen molar-refractivity contribution in [2.75, 3.05) is 24.5 Å². The van der Waals surface area contributed by atoms with Gasteiger partial charge in [-0.3, -0.25) is 14.9 Å². The van der Waals surface area contributed by atoms with Crippen LogP contribution in [0.5, 0.6) is 17.2 Å². The maximum atomic E-state index is 12.5. The molecule has 0 bridgehead atoms. The molecule has 3 aromatic rings. The smallest absolute Gasteiger partial charge is 0.252 e. The van der Waals surface area contributed by atoms with E-state index in [-0.39, 0.29) is 25.0 Å². The number of hydrogen-bond donors (Lipinski definition) is 2. The van der Waals surface area contributed by atoms with E-state index in [1.807, 2.05) is 12.1 Å². The molecular weight excluding hydrogens is 390 g/mol. The molecule has 1 atom stereocenters. The number of methoxy groups -OCH3 is 1. The Morgan fingerprint density at radius 1 is 1.23 bits per heavy atom. The number of amides is 2. The largest absolute Gasteiger partial charge is 0.497 e. The predicted octanol–water partition coefficient (Wildman–Crippen LogP) is 2.20. The van der Waals surface area contributed by atoms with Crippen molar-refractivity contribution in [3.63, 3.8) is 0 Å². The average molecular weight is 407 g/mol. The van der Waals surface area contributed by atoms with E-state index >= 15 is 0 Å². The molecule has 30 heavy (non-hydrogen) atoms. The summed E-state index contributed by atoms with van der Waals surface area (Å²) in [4.78, 5) is 29.2. The van der Waals surface area contributed by atoms with Gasteiger partial charge in [0.25, 0.3) is 5.91 Å². The molecule has 5 rings (SSSR count). The van der Waals surface area contributed by atoms with Crippen LogP contribution < -0.4 is 24.8 Å². The van der Waals surface area contributed by atoms with Gasteiger partial charge in [0.2, 0.25) is 18.6 Å². The Morgan fingerprint density at radius 2 is 2.03 bits per heavy atom. The van der Waals surface area contributed by atoms with Gasteiger partial charge in [-0.1, -0.05) is 0 Å². The van der Waals surface area contributed by atoms with E-state index in [0.29, 0.717) is 29.0 Å². The molecule has 0 aliphatic carbocycles. The first kappa shape index (κ1) is 18.0. The van der Waals surface area contributed by atoms with Gasteiger partial charge in [-0.15, -0.1) is 5.10 Å². The third-order valence-corrected chi connectivity index (χ3v) is 4.85. The number of ether oxygens (including phenoxy) is 3. The second kappa shape index (κ2) is 7.07. The van der Waals surface area contributed by atoms with E-state index in [1.165, 1.54) is 4.68 Å². The number of nitrogens with zero attached hydrogens (tertiary/aromatic N) is 3. The average Bonchev–Trinajstić information content (AvgIpc) is 3.44. The van der Waals surface area contributed by atoms with Gasteiger partial charge in [-0.05, 0) is 36.4 Å². The second-order valence-electron chi connectivity index (χ2n) is 6.76. The van der Waals surface area contributed by atoms with Crippen LogP contribution in [0.15, 0.2) is 42.5 Å². The van der Waals surface area contributed by atoms with Gasteiger partial charge in [0, 0.05) is 17.3 Å². The number of fused-ring (bicyclic) bond motifs is 2. The number of carbonyl (C=O) groups excluding carboxylic acids is 2. The fourth-order valence-electron chi connectivity index (χ4n) is 3.33. The van der Waals surface area contributed by atoms with E-state index in [9.17, 15) is 9.59 Å². The van der Waals surface area contributed by atoms with Crippen LogP contribution in [0.3, 0.4) is 0 Å². The van der Waals surface area contributed by atoms with Crippen molar-refractivity contribution in [2.45, 2.75) is 12.5 Å². The van der Waals surface area contributed by atoms with Crippen molar-refractivity contribution in [1.82, 2.24) is 14.8 Å². The Morgan fingerprint density at radius 3 is 2.83 bits per heavy atom. The molecule has 3 heterocycles. The molecule has 0 saturated heterocycles. The highest BCUT2D eigenvalue weighted by molar-refractivity contribution is 6.01. The lowest BCUT2D eigenvalue weighted by molar-refractivity contribution is -0.123. The fourth-order valence-corrected chi connectivity index (χ4v) is 3.33. The molecule has 0 fully saturated rings. The molecule has 2 amide bonds. The lowest BCUT2D eigenvalue weighted by Crippen LogP contribution is -2.23. The molecule has 2 aromatic carbocycles. The van der Waals surface area contributed by atoms with Crippen LogP contribution >= 0.6 is 0 Å². The molecule has 1 aromatic heterocycles. The van der Waals surface area contributed by atoms with Gasteiger partial charge < -0.3 is 19.5 Å². The summed E-state index contributed by atoms with van der Waals surface area (Å²) < 4.78 is 17.2. The predicted molar refractivity (Wildman–Crippen MR) is 105 cm³/mol. The fraction of sp³-hybridized carbons (Fsp3) is 0.200. The van der Waals surface area contributed by atoms with E-state index in [4.69, 9.17) is 14.2 Å². The van der Waals surface area contributed by atoms with Gasteiger partial charge in [-0.2, -0.15) is 4.98 Å². The zero-order valence-electron chi connectivity index (χ0n) is 15.9. The van der Waals surface area contributed by atoms with Crippen LogP contribution in [0.4, 0.5) is 11.6 Å². The SMILES string of the molecule is COc1ccc(-c2nc3n(n2)[C@@H](CC(=O)Nc2ccc4c(c2)OCO4)C(=O)N3)cc1. The second-order valence-corrected chi connectivity index (χ2v) is 6.76. The highest BCUT2D eigenvalue weighted by atomic mass is 16.7. The van der Waals surface area contributed by atoms with Crippen LogP contribution in [-0.2, 0) is 9.59 Å². The summed E-state index contributed by atoms with van der Waals surface area (Å²) >= 11 is 0. The number of rotatable bonds is 5. The molecular formula is C20H17N5O5. The van der Waals surface area contributed by atoms with Gasteiger partial charge in [0.15, 0.2) is 17.3 Å². The maximum absolute atomic E-state index is 12.5.